The van der Waals surface area contributed by atoms with E-state index in [0.717, 1.165) is 23.4 Å². The highest BCUT2D eigenvalue weighted by Gasteiger charge is 2.10. The van der Waals surface area contributed by atoms with Crippen LogP contribution in [0.15, 0.2) is 35.4 Å². The van der Waals surface area contributed by atoms with Gasteiger partial charge in [0.1, 0.15) is 12.7 Å². The SMILES string of the molecule is CCc1ccc(-n2cnnc2)cc1NC(=O)NCc1nc(CSC)no1. The number of rotatable bonds is 7. The Bertz CT molecular complexity index is 863. The van der Waals surface area contributed by atoms with E-state index in [2.05, 4.69) is 31.0 Å². The lowest BCUT2D eigenvalue weighted by Gasteiger charge is -2.12. The van der Waals surface area contributed by atoms with Gasteiger partial charge in [-0.15, -0.1) is 10.2 Å². The topological polar surface area (TPSA) is 111 Å². The van der Waals surface area contributed by atoms with E-state index in [1.165, 1.54) is 0 Å². The Hall–Kier alpha value is -2.88. The summed E-state index contributed by atoms with van der Waals surface area (Å²) >= 11 is 1.60. The average Bonchev–Trinajstić information content (AvgIpc) is 3.32. The third-order valence-electron chi connectivity index (χ3n) is 3.62. The molecule has 3 aromatic rings. The van der Waals surface area contributed by atoms with Crippen molar-refractivity contribution in [2.45, 2.75) is 25.6 Å². The number of carbonyl (C=O) groups excluding carboxylic acids is 1. The van der Waals surface area contributed by atoms with Crippen LogP contribution in [0.4, 0.5) is 10.5 Å². The number of nitrogens with one attached hydrogen (secondary N) is 2. The number of carbonyl (C=O) groups is 1. The van der Waals surface area contributed by atoms with Gasteiger partial charge in [-0.25, -0.2) is 4.79 Å². The van der Waals surface area contributed by atoms with Crippen LogP contribution in [-0.2, 0) is 18.7 Å². The van der Waals surface area contributed by atoms with Crippen LogP contribution in [-0.4, -0.2) is 37.2 Å². The van der Waals surface area contributed by atoms with Crippen molar-refractivity contribution in [3.63, 3.8) is 0 Å². The number of thioether (sulfide) groups is 1. The molecule has 2 aromatic heterocycles. The van der Waals surface area contributed by atoms with Gasteiger partial charge in [0.2, 0.25) is 5.89 Å². The summed E-state index contributed by atoms with van der Waals surface area (Å²) in [6.45, 7) is 2.20. The Labute approximate surface area is 154 Å². The van der Waals surface area contributed by atoms with Gasteiger partial charge in [0.05, 0.1) is 18.0 Å². The molecule has 10 heteroatoms. The van der Waals surface area contributed by atoms with Gasteiger partial charge in [0.25, 0.3) is 0 Å². The lowest BCUT2D eigenvalue weighted by molar-refractivity contribution is 0.249. The Morgan fingerprint density at radius 3 is 2.85 bits per heavy atom. The fourth-order valence-corrected chi connectivity index (χ4v) is 2.73. The average molecular weight is 373 g/mol. The van der Waals surface area contributed by atoms with E-state index in [9.17, 15) is 4.79 Å². The Kier molecular flexibility index (Phi) is 5.84. The summed E-state index contributed by atoms with van der Waals surface area (Å²) in [5.74, 6) is 1.66. The van der Waals surface area contributed by atoms with Gasteiger partial charge in [-0.3, -0.25) is 4.57 Å². The number of aryl methyl sites for hydroxylation is 1. The molecule has 9 nitrogen and oxygen atoms in total. The van der Waals surface area contributed by atoms with Gasteiger partial charge in [-0.2, -0.15) is 16.7 Å². The third kappa shape index (κ3) is 4.39. The molecule has 0 bridgehead atoms. The molecule has 0 aliphatic carbocycles. The molecule has 0 fully saturated rings. The van der Waals surface area contributed by atoms with Gasteiger partial charge in [0, 0.05) is 5.69 Å². The molecule has 0 radical (unpaired) electrons. The minimum Gasteiger partial charge on any atom is -0.337 e. The highest BCUT2D eigenvalue weighted by Crippen LogP contribution is 2.20. The number of nitrogens with zero attached hydrogens (tertiary/aromatic N) is 5. The monoisotopic (exact) mass is 373 g/mol. The van der Waals surface area contributed by atoms with E-state index in [4.69, 9.17) is 4.52 Å². The van der Waals surface area contributed by atoms with E-state index >= 15 is 0 Å². The van der Waals surface area contributed by atoms with Crippen molar-refractivity contribution in [2.24, 2.45) is 0 Å². The maximum absolute atomic E-state index is 12.2. The molecule has 2 heterocycles. The summed E-state index contributed by atoms with van der Waals surface area (Å²) < 4.78 is 6.87. The highest BCUT2D eigenvalue weighted by atomic mass is 32.2. The number of anilines is 1. The summed E-state index contributed by atoms with van der Waals surface area (Å²) in [4.78, 5) is 16.4. The summed E-state index contributed by atoms with van der Waals surface area (Å²) in [7, 11) is 0. The second-order valence-corrected chi connectivity index (χ2v) is 6.28. The van der Waals surface area contributed by atoms with E-state index in [1.807, 2.05) is 31.4 Å². The molecule has 136 valence electrons. The van der Waals surface area contributed by atoms with Crippen LogP contribution in [0.3, 0.4) is 0 Å². The Morgan fingerprint density at radius 2 is 2.12 bits per heavy atom. The second kappa shape index (κ2) is 8.48. The number of hydrogen-bond donors (Lipinski definition) is 2. The van der Waals surface area contributed by atoms with Crippen LogP contribution in [0, 0.1) is 0 Å². The van der Waals surface area contributed by atoms with Crippen LogP contribution < -0.4 is 10.6 Å². The molecule has 1 aromatic carbocycles. The predicted molar refractivity (Wildman–Crippen MR) is 98.1 cm³/mol. The maximum atomic E-state index is 12.2. The first-order valence-corrected chi connectivity index (χ1v) is 9.42. The molecule has 2 N–H and O–H groups in total. The van der Waals surface area contributed by atoms with E-state index in [-0.39, 0.29) is 12.6 Å². The summed E-state index contributed by atoms with van der Waals surface area (Å²) in [5, 5.41) is 17.0. The van der Waals surface area contributed by atoms with Crippen LogP contribution in [0.1, 0.15) is 24.2 Å². The molecule has 3 rings (SSSR count). The number of aromatic nitrogens is 5. The van der Waals surface area contributed by atoms with Crippen molar-refractivity contribution in [3.05, 3.63) is 48.1 Å². The number of urea groups is 1. The molecule has 0 aliphatic rings. The van der Waals surface area contributed by atoms with Crippen LogP contribution in [0.25, 0.3) is 5.69 Å². The van der Waals surface area contributed by atoms with E-state index in [1.54, 1.807) is 29.0 Å². The standard InChI is InChI=1S/C16H19N7O2S/c1-3-11-4-5-12(23-9-18-19-10-23)6-13(11)20-16(24)17-7-15-21-14(8-26-2)22-25-15/h4-6,9-10H,3,7-8H2,1-2H3,(H2,17,20,24). The van der Waals surface area contributed by atoms with Gasteiger partial charge < -0.3 is 15.2 Å². The molecule has 0 saturated carbocycles. The van der Waals surface area contributed by atoms with Crippen molar-refractivity contribution in [2.75, 3.05) is 11.6 Å². The summed E-state index contributed by atoms with van der Waals surface area (Å²) in [6, 6.07) is 5.46. The normalized spacial score (nSPS) is 10.7. The largest absolute Gasteiger partial charge is 0.337 e. The minimum atomic E-state index is -0.342. The Morgan fingerprint density at radius 1 is 1.31 bits per heavy atom. The molecular formula is C16H19N7O2S. The zero-order valence-electron chi connectivity index (χ0n) is 14.5. The fraction of sp³-hybridized carbons (Fsp3) is 0.312. The first-order valence-electron chi connectivity index (χ1n) is 8.02. The maximum Gasteiger partial charge on any atom is 0.319 e. The van der Waals surface area contributed by atoms with Gasteiger partial charge in [-0.05, 0) is 30.4 Å². The second-order valence-electron chi connectivity index (χ2n) is 5.41. The molecule has 26 heavy (non-hydrogen) atoms. The Balaban J connectivity index is 1.65. The first-order chi connectivity index (χ1) is 12.7. The van der Waals surface area contributed by atoms with E-state index < -0.39 is 0 Å². The molecule has 0 saturated heterocycles. The van der Waals surface area contributed by atoms with Gasteiger partial charge in [0.15, 0.2) is 5.82 Å². The number of hydrogen-bond acceptors (Lipinski definition) is 7. The van der Waals surface area contributed by atoms with Crippen molar-refractivity contribution in [3.8, 4) is 5.69 Å². The third-order valence-corrected chi connectivity index (χ3v) is 4.17. The van der Waals surface area contributed by atoms with E-state index in [0.29, 0.717) is 17.5 Å². The molecule has 0 spiro atoms. The number of amides is 2. The lowest BCUT2D eigenvalue weighted by Crippen LogP contribution is -2.28. The quantitative estimate of drug-likeness (QED) is 0.654. The zero-order chi connectivity index (χ0) is 18.4. The van der Waals surface area contributed by atoms with Crippen molar-refractivity contribution >= 4 is 23.5 Å². The van der Waals surface area contributed by atoms with Crippen LogP contribution >= 0.6 is 11.8 Å². The number of benzene rings is 1. The highest BCUT2D eigenvalue weighted by molar-refractivity contribution is 7.97. The molecule has 0 aliphatic heterocycles. The molecular weight excluding hydrogens is 354 g/mol. The molecule has 0 atom stereocenters. The van der Waals surface area contributed by atoms with Crippen molar-refractivity contribution < 1.29 is 9.32 Å². The predicted octanol–water partition coefficient (Wildman–Crippen LogP) is 2.40. The zero-order valence-corrected chi connectivity index (χ0v) is 15.3. The van der Waals surface area contributed by atoms with Gasteiger partial charge in [-0.1, -0.05) is 18.1 Å². The molecule has 2 amide bonds. The van der Waals surface area contributed by atoms with Crippen LogP contribution in [0.2, 0.25) is 0 Å². The van der Waals surface area contributed by atoms with Gasteiger partial charge >= 0.3 is 6.03 Å². The smallest absolute Gasteiger partial charge is 0.319 e. The lowest BCUT2D eigenvalue weighted by atomic mass is 10.1. The first kappa shape index (κ1) is 17.9. The summed E-state index contributed by atoms with van der Waals surface area (Å²) in [6.07, 6.45) is 5.96. The fourth-order valence-electron chi connectivity index (χ4n) is 2.36. The van der Waals surface area contributed by atoms with Crippen molar-refractivity contribution in [1.82, 2.24) is 30.2 Å². The molecule has 0 unspecified atom stereocenters. The van der Waals surface area contributed by atoms with Crippen LogP contribution in [0.5, 0.6) is 0 Å². The minimum absolute atomic E-state index is 0.166. The van der Waals surface area contributed by atoms with Crippen molar-refractivity contribution in [1.29, 1.82) is 0 Å². The summed E-state index contributed by atoms with van der Waals surface area (Å²) in [5.41, 5.74) is 2.61.